The molecule has 1 aromatic rings. The second-order valence-corrected chi connectivity index (χ2v) is 5.76. The van der Waals surface area contributed by atoms with Gasteiger partial charge in [0, 0.05) is 5.02 Å². The van der Waals surface area contributed by atoms with E-state index in [1.165, 1.54) is 36.8 Å². The number of benzene rings is 1. The van der Waals surface area contributed by atoms with Crippen LogP contribution in [0.1, 0.15) is 55.7 Å². The van der Waals surface area contributed by atoms with Crippen molar-refractivity contribution in [3.8, 4) is 0 Å². The fourth-order valence-electron chi connectivity index (χ4n) is 2.74. The lowest BCUT2D eigenvalue weighted by Crippen LogP contribution is -2.30. The van der Waals surface area contributed by atoms with Gasteiger partial charge in [0.2, 0.25) is 0 Å². The topological polar surface area (TPSA) is 38.0 Å². The number of halogens is 1. The second-order valence-electron chi connectivity index (χ2n) is 5.36. The van der Waals surface area contributed by atoms with Gasteiger partial charge in [-0.1, -0.05) is 48.2 Å². The van der Waals surface area contributed by atoms with Crippen LogP contribution in [0, 0.1) is 6.92 Å². The van der Waals surface area contributed by atoms with Crippen molar-refractivity contribution in [3.63, 3.8) is 0 Å². The Balaban J connectivity index is 2.27. The van der Waals surface area contributed by atoms with Gasteiger partial charge in [-0.3, -0.25) is 5.84 Å². The molecular weight excluding hydrogens is 256 g/mol. The number of aryl methyl sites for hydroxylation is 1. The SMILES string of the molecule is Cc1ccc(C(NN)/C2=C/CCCCCC2)c(Cl)c1. The van der Waals surface area contributed by atoms with Gasteiger partial charge < -0.3 is 0 Å². The van der Waals surface area contributed by atoms with Crippen LogP contribution in [0.2, 0.25) is 5.02 Å². The number of hydrazine groups is 1. The lowest BCUT2D eigenvalue weighted by atomic mass is 9.91. The molecule has 1 atom stereocenters. The number of allylic oxidation sites excluding steroid dienone is 1. The summed E-state index contributed by atoms with van der Waals surface area (Å²) in [6.07, 6.45) is 9.79. The Hall–Kier alpha value is -0.830. The zero-order chi connectivity index (χ0) is 13.7. The summed E-state index contributed by atoms with van der Waals surface area (Å²) in [6.45, 7) is 2.05. The molecule has 0 heterocycles. The Morgan fingerprint density at radius 2 is 2.00 bits per heavy atom. The Labute approximate surface area is 121 Å². The van der Waals surface area contributed by atoms with Crippen LogP contribution >= 0.6 is 11.6 Å². The van der Waals surface area contributed by atoms with E-state index in [9.17, 15) is 0 Å². The molecule has 2 nitrogen and oxygen atoms in total. The Kier molecular flexibility index (Phi) is 5.44. The first-order chi connectivity index (χ1) is 9.22. The lowest BCUT2D eigenvalue weighted by molar-refractivity contribution is 0.555. The number of nitrogens with one attached hydrogen (secondary N) is 1. The van der Waals surface area contributed by atoms with E-state index in [1.54, 1.807) is 0 Å². The van der Waals surface area contributed by atoms with E-state index in [1.807, 2.05) is 6.07 Å². The summed E-state index contributed by atoms with van der Waals surface area (Å²) in [5.41, 5.74) is 6.59. The maximum Gasteiger partial charge on any atom is 0.0684 e. The Bertz CT molecular complexity index is 454. The van der Waals surface area contributed by atoms with Crippen LogP contribution in [0.4, 0.5) is 0 Å². The first-order valence-electron chi connectivity index (χ1n) is 7.13. The standard InChI is InChI=1S/C16H23ClN2/c1-12-9-10-14(15(17)11-12)16(19-18)13-7-5-3-2-4-6-8-13/h7,9-11,16,19H,2-6,8,18H2,1H3/b13-7+. The van der Waals surface area contributed by atoms with Gasteiger partial charge in [0.1, 0.15) is 0 Å². The number of nitrogens with two attached hydrogens (primary N) is 1. The highest BCUT2D eigenvalue weighted by atomic mass is 35.5. The van der Waals surface area contributed by atoms with E-state index in [-0.39, 0.29) is 6.04 Å². The smallest absolute Gasteiger partial charge is 0.0684 e. The van der Waals surface area contributed by atoms with Crippen molar-refractivity contribution >= 4 is 11.6 Å². The normalized spacial score (nSPS) is 21.1. The molecule has 3 heteroatoms. The van der Waals surface area contributed by atoms with Gasteiger partial charge >= 0.3 is 0 Å². The van der Waals surface area contributed by atoms with Crippen LogP contribution in [0.5, 0.6) is 0 Å². The molecule has 0 saturated carbocycles. The molecule has 2 rings (SSSR count). The molecule has 0 fully saturated rings. The summed E-state index contributed by atoms with van der Waals surface area (Å²) < 4.78 is 0. The van der Waals surface area contributed by atoms with Crippen LogP contribution < -0.4 is 11.3 Å². The number of hydrogen-bond acceptors (Lipinski definition) is 2. The Morgan fingerprint density at radius 3 is 2.74 bits per heavy atom. The molecule has 0 spiro atoms. The van der Waals surface area contributed by atoms with Crippen LogP contribution in [0.25, 0.3) is 0 Å². The Morgan fingerprint density at radius 1 is 1.21 bits per heavy atom. The van der Waals surface area contributed by atoms with Crippen molar-refractivity contribution in [2.45, 2.75) is 51.5 Å². The predicted molar refractivity (Wildman–Crippen MR) is 82.0 cm³/mol. The van der Waals surface area contributed by atoms with E-state index in [2.05, 4.69) is 30.6 Å². The zero-order valence-corrected chi connectivity index (χ0v) is 12.3. The zero-order valence-electron chi connectivity index (χ0n) is 11.6. The second kappa shape index (κ2) is 7.09. The first kappa shape index (κ1) is 14.6. The third-order valence-corrected chi connectivity index (χ3v) is 4.16. The monoisotopic (exact) mass is 278 g/mol. The highest BCUT2D eigenvalue weighted by molar-refractivity contribution is 6.31. The molecule has 3 N–H and O–H groups in total. The maximum atomic E-state index is 6.37. The van der Waals surface area contributed by atoms with E-state index in [0.717, 1.165) is 23.4 Å². The molecule has 0 aromatic heterocycles. The van der Waals surface area contributed by atoms with Gasteiger partial charge in [0.25, 0.3) is 0 Å². The maximum absolute atomic E-state index is 6.37. The third kappa shape index (κ3) is 3.82. The van der Waals surface area contributed by atoms with Crippen molar-refractivity contribution in [2.24, 2.45) is 5.84 Å². The summed E-state index contributed by atoms with van der Waals surface area (Å²) in [5, 5.41) is 0.797. The number of rotatable bonds is 3. The molecule has 1 aromatic carbocycles. The van der Waals surface area contributed by atoms with Crippen LogP contribution in [-0.4, -0.2) is 0 Å². The molecule has 0 aliphatic heterocycles. The quantitative estimate of drug-likeness (QED) is 0.487. The largest absolute Gasteiger partial charge is 0.271 e. The van der Waals surface area contributed by atoms with Gasteiger partial charge in [-0.25, -0.2) is 5.43 Å². The molecule has 0 saturated heterocycles. The molecule has 0 bridgehead atoms. The fourth-order valence-corrected chi connectivity index (χ4v) is 3.09. The summed E-state index contributed by atoms with van der Waals surface area (Å²) in [7, 11) is 0. The molecule has 19 heavy (non-hydrogen) atoms. The van der Waals surface area contributed by atoms with E-state index >= 15 is 0 Å². The first-order valence-corrected chi connectivity index (χ1v) is 7.51. The average Bonchev–Trinajstić information content (AvgIpc) is 2.34. The minimum absolute atomic E-state index is 0.0474. The van der Waals surface area contributed by atoms with E-state index in [4.69, 9.17) is 17.4 Å². The van der Waals surface area contributed by atoms with Gasteiger partial charge in [-0.05, 0) is 49.8 Å². The van der Waals surface area contributed by atoms with Crippen molar-refractivity contribution in [1.29, 1.82) is 0 Å². The molecule has 104 valence electrons. The van der Waals surface area contributed by atoms with Crippen molar-refractivity contribution in [3.05, 3.63) is 46.0 Å². The van der Waals surface area contributed by atoms with E-state index in [0.29, 0.717) is 0 Å². The van der Waals surface area contributed by atoms with Gasteiger partial charge in [-0.15, -0.1) is 0 Å². The van der Waals surface area contributed by atoms with Crippen molar-refractivity contribution in [1.82, 2.24) is 5.43 Å². The third-order valence-electron chi connectivity index (χ3n) is 3.83. The number of hydrogen-bond donors (Lipinski definition) is 2. The van der Waals surface area contributed by atoms with Crippen LogP contribution in [0.3, 0.4) is 0 Å². The summed E-state index contributed by atoms with van der Waals surface area (Å²) in [4.78, 5) is 0. The summed E-state index contributed by atoms with van der Waals surface area (Å²) in [5.74, 6) is 5.78. The average molecular weight is 279 g/mol. The van der Waals surface area contributed by atoms with E-state index < -0.39 is 0 Å². The minimum atomic E-state index is 0.0474. The molecule has 0 amide bonds. The lowest BCUT2D eigenvalue weighted by Gasteiger charge is -2.23. The molecule has 0 radical (unpaired) electrons. The molecule has 1 aliphatic carbocycles. The van der Waals surface area contributed by atoms with Crippen molar-refractivity contribution < 1.29 is 0 Å². The molecular formula is C16H23ClN2. The molecule has 1 aliphatic rings. The van der Waals surface area contributed by atoms with Crippen LogP contribution in [0.15, 0.2) is 29.8 Å². The fraction of sp³-hybridized carbons (Fsp3) is 0.500. The van der Waals surface area contributed by atoms with Gasteiger partial charge in [-0.2, -0.15) is 0 Å². The highest BCUT2D eigenvalue weighted by Crippen LogP contribution is 2.32. The van der Waals surface area contributed by atoms with Gasteiger partial charge in [0.05, 0.1) is 6.04 Å². The predicted octanol–water partition coefficient (Wildman–Crippen LogP) is 4.43. The molecule has 1 unspecified atom stereocenters. The summed E-state index contributed by atoms with van der Waals surface area (Å²) in [6, 6.07) is 6.23. The minimum Gasteiger partial charge on any atom is -0.271 e. The van der Waals surface area contributed by atoms with Gasteiger partial charge in [0.15, 0.2) is 0 Å². The van der Waals surface area contributed by atoms with Crippen molar-refractivity contribution in [2.75, 3.05) is 0 Å². The highest BCUT2D eigenvalue weighted by Gasteiger charge is 2.18. The summed E-state index contributed by atoms with van der Waals surface area (Å²) >= 11 is 6.37. The van der Waals surface area contributed by atoms with Crippen LogP contribution in [-0.2, 0) is 0 Å².